The summed E-state index contributed by atoms with van der Waals surface area (Å²) in [4.78, 5) is 3.19. The fraction of sp³-hybridized carbons (Fsp3) is 0.214. The normalized spacial score (nSPS) is 18.6. The molecule has 92 valence electrons. The molecule has 1 atom stereocenters. The second kappa shape index (κ2) is 5.34. The summed E-state index contributed by atoms with van der Waals surface area (Å²) < 4.78 is 10.6. The van der Waals surface area contributed by atoms with Gasteiger partial charge in [-0.05, 0) is 11.6 Å². The summed E-state index contributed by atoms with van der Waals surface area (Å²) in [5.74, 6) is 1.22. The van der Waals surface area contributed by atoms with E-state index in [2.05, 4.69) is 4.79 Å². The molecule has 1 aliphatic carbocycles. The van der Waals surface area contributed by atoms with E-state index in [0.717, 1.165) is 11.3 Å². The molecule has 0 saturated carbocycles. The molecule has 2 rings (SSSR count). The minimum absolute atomic E-state index is 0.0309. The van der Waals surface area contributed by atoms with Crippen LogP contribution in [0.4, 0.5) is 0 Å². The second-order valence-corrected chi connectivity index (χ2v) is 3.86. The average molecular weight is 242 g/mol. The maximum absolute atomic E-state index is 8.93. The van der Waals surface area contributed by atoms with Crippen molar-refractivity contribution in [2.75, 3.05) is 14.2 Å². The number of hydrogen-bond acceptors (Lipinski definition) is 2. The van der Waals surface area contributed by atoms with Gasteiger partial charge in [0.15, 0.2) is 0 Å². The Morgan fingerprint density at radius 2 is 1.83 bits per heavy atom. The van der Waals surface area contributed by atoms with Gasteiger partial charge < -0.3 is 15.0 Å². The van der Waals surface area contributed by atoms with E-state index in [0.29, 0.717) is 11.5 Å². The van der Waals surface area contributed by atoms with Crippen molar-refractivity contribution in [3.63, 3.8) is 0 Å². The first-order chi connectivity index (χ1) is 8.80. The lowest BCUT2D eigenvalue weighted by Gasteiger charge is -2.19. The van der Waals surface area contributed by atoms with Crippen molar-refractivity contribution in [2.24, 2.45) is 0 Å². The number of hydrogen-bond donors (Lipinski definition) is 0. The first-order valence-electron chi connectivity index (χ1n) is 5.59. The molecule has 4 heteroatoms. The number of ether oxygens (including phenoxy) is 2. The van der Waals surface area contributed by atoms with Crippen molar-refractivity contribution in [3.05, 3.63) is 65.1 Å². The summed E-state index contributed by atoms with van der Waals surface area (Å²) in [6.45, 7) is 0. The highest BCUT2D eigenvalue weighted by atomic mass is 16.5. The van der Waals surface area contributed by atoms with E-state index in [-0.39, 0.29) is 5.92 Å². The van der Waals surface area contributed by atoms with Crippen LogP contribution in [-0.2, 0) is 9.47 Å². The monoisotopic (exact) mass is 242 g/mol. The summed E-state index contributed by atoms with van der Waals surface area (Å²) in [6.07, 6.45) is 3.56. The lowest BCUT2D eigenvalue weighted by molar-refractivity contribution is -0.00740. The van der Waals surface area contributed by atoms with Gasteiger partial charge >= 0.3 is 5.71 Å². The van der Waals surface area contributed by atoms with Crippen molar-refractivity contribution < 1.29 is 14.3 Å². The minimum atomic E-state index is -0.0309. The van der Waals surface area contributed by atoms with E-state index < -0.39 is 0 Å². The molecule has 4 nitrogen and oxygen atoms in total. The van der Waals surface area contributed by atoms with Gasteiger partial charge in [0.1, 0.15) is 5.76 Å². The van der Waals surface area contributed by atoms with Gasteiger partial charge in [0.2, 0.25) is 5.76 Å². The number of rotatable bonds is 3. The number of nitrogens with zero attached hydrogens (tertiary/aromatic N) is 2. The standard InChI is InChI=1S/C14H14N2O2/c1-17-13-9-12(16-15)14(18-2)8-11(13)10-6-4-3-5-7-10/h3-9,11H,1-2H3. The maximum Gasteiger partial charge on any atom is 0.359 e. The summed E-state index contributed by atoms with van der Waals surface area (Å²) in [6, 6.07) is 9.94. The SMILES string of the molecule is COC1=CC(c2ccccc2)C(OC)=CC1=[N+]=[N-]. The zero-order valence-corrected chi connectivity index (χ0v) is 10.3. The zero-order chi connectivity index (χ0) is 13.0. The van der Waals surface area contributed by atoms with Gasteiger partial charge in [-0.25, -0.2) is 0 Å². The van der Waals surface area contributed by atoms with Crippen molar-refractivity contribution >= 4 is 5.71 Å². The molecule has 0 aromatic heterocycles. The molecule has 0 amide bonds. The summed E-state index contributed by atoms with van der Waals surface area (Å²) in [7, 11) is 3.15. The average Bonchev–Trinajstić information content (AvgIpc) is 2.46. The Morgan fingerprint density at radius 1 is 1.11 bits per heavy atom. The van der Waals surface area contributed by atoms with Gasteiger partial charge in [0, 0.05) is 0 Å². The zero-order valence-electron chi connectivity index (χ0n) is 10.3. The topological polar surface area (TPSA) is 54.9 Å². The van der Waals surface area contributed by atoms with Crippen molar-refractivity contribution in [1.29, 1.82) is 0 Å². The van der Waals surface area contributed by atoms with E-state index in [4.69, 9.17) is 15.0 Å². The lowest BCUT2D eigenvalue weighted by atomic mass is 9.91. The third kappa shape index (κ3) is 2.19. The summed E-state index contributed by atoms with van der Waals surface area (Å²) in [5, 5.41) is 0. The van der Waals surface area contributed by atoms with Gasteiger partial charge in [-0.2, -0.15) is 4.79 Å². The van der Waals surface area contributed by atoms with Gasteiger partial charge in [0.05, 0.1) is 26.2 Å². The molecule has 0 spiro atoms. The molecular weight excluding hydrogens is 228 g/mol. The predicted octanol–water partition coefficient (Wildman–Crippen LogP) is 2.52. The van der Waals surface area contributed by atoms with Crippen LogP contribution in [0.5, 0.6) is 0 Å². The molecule has 0 radical (unpaired) electrons. The largest absolute Gasteiger partial charge is 0.500 e. The van der Waals surface area contributed by atoms with E-state index in [1.54, 1.807) is 20.3 Å². The number of allylic oxidation sites excluding steroid dienone is 2. The molecule has 0 bridgehead atoms. The highest BCUT2D eigenvalue weighted by Crippen LogP contribution is 2.31. The Kier molecular flexibility index (Phi) is 3.60. The van der Waals surface area contributed by atoms with Crippen LogP contribution in [0.3, 0.4) is 0 Å². The first-order valence-corrected chi connectivity index (χ1v) is 5.59. The van der Waals surface area contributed by atoms with Gasteiger partial charge in [-0.15, -0.1) is 0 Å². The molecular formula is C14H14N2O2. The van der Waals surface area contributed by atoms with Crippen LogP contribution in [-0.4, -0.2) is 24.7 Å². The van der Waals surface area contributed by atoms with Crippen LogP contribution in [0.2, 0.25) is 0 Å². The van der Waals surface area contributed by atoms with Crippen molar-refractivity contribution in [3.8, 4) is 0 Å². The van der Waals surface area contributed by atoms with Crippen LogP contribution in [0.15, 0.2) is 54.0 Å². The molecule has 0 saturated heterocycles. The molecule has 0 aliphatic heterocycles. The summed E-state index contributed by atoms with van der Waals surface area (Å²) in [5.41, 5.74) is 10.4. The lowest BCUT2D eigenvalue weighted by Crippen LogP contribution is -2.15. The van der Waals surface area contributed by atoms with E-state index in [1.807, 2.05) is 36.4 Å². The minimum Gasteiger partial charge on any atom is -0.500 e. The maximum atomic E-state index is 8.93. The molecule has 1 unspecified atom stereocenters. The van der Waals surface area contributed by atoms with Crippen molar-refractivity contribution in [2.45, 2.75) is 5.92 Å². The Labute approximate surface area is 106 Å². The fourth-order valence-corrected chi connectivity index (χ4v) is 1.97. The molecule has 18 heavy (non-hydrogen) atoms. The van der Waals surface area contributed by atoms with Crippen LogP contribution < -0.4 is 0 Å². The molecule has 1 aromatic rings. The molecule has 0 fully saturated rings. The number of benzene rings is 1. The molecule has 0 heterocycles. The van der Waals surface area contributed by atoms with E-state index >= 15 is 0 Å². The Balaban J connectivity index is 2.47. The summed E-state index contributed by atoms with van der Waals surface area (Å²) >= 11 is 0. The molecule has 1 aliphatic rings. The van der Waals surface area contributed by atoms with Crippen molar-refractivity contribution in [1.82, 2.24) is 0 Å². The van der Waals surface area contributed by atoms with Gasteiger partial charge in [-0.1, -0.05) is 30.3 Å². The molecule has 0 N–H and O–H groups in total. The third-order valence-electron chi connectivity index (χ3n) is 2.88. The quantitative estimate of drug-likeness (QED) is 0.604. The van der Waals surface area contributed by atoms with Gasteiger partial charge in [-0.3, -0.25) is 0 Å². The molecule has 1 aromatic carbocycles. The van der Waals surface area contributed by atoms with Crippen LogP contribution in [0, 0.1) is 0 Å². The van der Waals surface area contributed by atoms with Gasteiger partial charge in [0.25, 0.3) is 0 Å². The predicted molar refractivity (Wildman–Crippen MR) is 68.0 cm³/mol. The Bertz CT molecular complexity index is 540. The fourth-order valence-electron chi connectivity index (χ4n) is 1.97. The smallest absolute Gasteiger partial charge is 0.359 e. The highest BCUT2D eigenvalue weighted by molar-refractivity contribution is 6.04. The Morgan fingerprint density at radius 3 is 2.39 bits per heavy atom. The first kappa shape index (κ1) is 12.1. The third-order valence-corrected chi connectivity index (χ3v) is 2.88. The highest BCUT2D eigenvalue weighted by Gasteiger charge is 2.28. The van der Waals surface area contributed by atoms with Crippen LogP contribution in [0.25, 0.3) is 5.53 Å². The number of methoxy groups -OCH3 is 2. The second-order valence-electron chi connectivity index (χ2n) is 3.86. The van der Waals surface area contributed by atoms with Crippen LogP contribution >= 0.6 is 0 Å². The van der Waals surface area contributed by atoms with Crippen LogP contribution in [0.1, 0.15) is 11.5 Å². The van der Waals surface area contributed by atoms with E-state index in [9.17, 15) is 0 Å². The van der Waals surface area contributed by atoms with E-state index in [1.165, 1.54) is 0 Å². The Hall–Kier alpha value is -2.32.